The maximum Gasteiger partial charge on any atom is 0.328 e. The molecule has 2 rings (SSSR count). The molecule has 0 unspecified atom stereocenters. The number of ether oxygens (including phenoxy) is 2. The second kappa shape index (κ2) is 7.83. The maximum atomic E-state index is 12.6. The first-order valence-electron chi connectivity index (χ1n) is 7.74. The van der Waals surface area contributed by atoms with E-state index in [1.54, 1.807) is 19.1 Å². The number of carbonyl (C=O) groups is 3. The zero-order chi connectivity index (χ0) is 19.5. The van der Waals surface area contributed by atoms with Crippen molar-refractivity contribution in [3.05, 3.63) is 29.8 Å². The maximum absolute atomic E-state index is 12.6. The Morgan fingerprint density at radius 2 is 1.81 bits per heavy atom. The molecule has 26 heavy (non-hydrogen) atoms. The Bertz CT molecular complexity index is 804. The second-order valence-corrected chi connectivity index (χ2v) is 7.58. The van der Waals surface area contributed by atoms with Crippen molar-refractivity contribution in [2.45, 2.75) is 30.3 Å². The van der Waals surface area contributed by atoms with E-state index in [4.69, 9.17) is 0 Å². The second-order valence-electron chi connectivity index (χ2n) is 5.86. The number of nitrogens with one attached hydrogen (secondary N) is 2. The van der Waals surface area contributed by atoms with E-state index >= 15 is 0 Å². The topological polar surface area (TPSA) is 128 Å². The molecule has 142 valence electrons. The Labute approximate surface area is 151 Å². The zero-order valence-electron chi connectivity index (χ0n) is 14.5. The highest BCUT2D eigenvalue weighted by Gasteiger charge is 2.45. The molecule has 0 aliphatic carbocycles. The number of esters is 2. The third-order valence-electron chi connectivity index (χ3n) is 4.10. The van der Waals surface area contributed by atoms with Crippen LogP contribution in [0, 0.1) is 12.8 Å². The van der Waals surface area contributed by atoms with Crippen LogP contribution >= 0.6 is 0 Å². The van der Waals surface area contributed by atoms with Crippen LogP contribution in [0.5, 0.6) is 0 Å². The van der Waals surface area contributed by atoms with E-state index in [2.05, 4.69) is 19.5 Å². The predicted molar refractivity (Wildman–Crippen MR) is 89.4 cm³/mol. The fourth-order valence-corrected chi connectivity index (χ4v) is 3.88. The van der Waals surface area contributed by atoms with Crippen molar-refractivity contribution in [3.8, 4) is 0 Å². The van der Waals surface area contributed by atoms with Gasteiger partial charge in [0.25, 0.3) is 0 Å². The van der Waals surface area contributed by atoms with Crippen molar-refractivity contribution in [3.63, 3.8) is 0 Å². The molecule has 1 fully saturated rings. The van der Waals surface area contributed by atoms with Gasteiger partial charge in [0, 0.05) is 0 Å². The Balaban J connectivity index is 2.28. The summed E-state index contributed by atoms with van der Waals surface area (Å²) in [6, 6.07) is 3.57. The van der Waals surface area contributed by atoms with Crippen LogP contribution in [0.25, 0.3) is 0 Å². The van der Waals surface area contributed by atoms with Gasteiger partial charge in [-0.1, -0.05) is 17.7 Å². The molecule has 1 aliphatic heterocycles. The summed E-state index contributed by atoms with van der Waals surface area (Å²) < 4.78 is 36.6. The van der Waals surface area contributed by atoms with Gasteiger partial charge in [0.15, 0.2) is 0 Å². The van der Waals surface area contributed by atoms with Crippen molar-refractivity contribution in [2.24, 2.45) is 5.92 Å². The standard InChI is InChI=1S/C16H20N2O7S/c1-9-4-6-10(7-5-9)26(22,23)18-13(16(21)25-3)11-8-12(15(20)24-2)17-14(11)19/h4-7,11-13,18H,8H2,1-3H3,(H,17,19)/t11-,12-,13+/m0/s1. The van der Waals surface area contributed by atoms with Crippen LogP contribution in [-0.2, 0) is 33.9 Å². The summed E-state index contributed by atoms with van der Waals surface area (Å²) in [5, 5.41) is 2.39. The number of methoxy groups -OCH3 is 2. The number of rotatable bonds is 6. The molecule has 0 spiro atoms. The Hall–Kier alpha value is -2.46. The smallest absolute Gasteiger partial charge is 0.328 e. The number of carbonyl (C=O) groups excluding carboxylic acids is 3. The largest absolute Gasteiger partial charge is 0.468 e. The summed E-state index contributed by atoms with van der Waals surface area (Å²) in [5.41, 5.74) is 0.865. The molecule has 0 bridgehead atoms. The monoisotopic (exact) mass is 384 g/mol. The van der Waals surface area contributed by atoms with Crippen molar-refractivity contribution in [1.82, 2.24) is 10.0 Å². The van der Waals surface area contributed by atoms with E-state index in [1.165, 1.54) is 19.2 Å². The number of sulfonamides is 1. The fraction of sp³-hybridized carbons (Fsp3) is 0.438. The van der Waals surface area contributed by atoms with Crippen molar-refractivity contribution in [1.29, 1.82) is 0 Å². The number of amides is 1. The number of benzene rings is 1. The van der Waals surface area contributed by atoms with Gasteiger partial charge in [0.2, 0.25) is 15.9 Å². The number of hydrogen-bond acceptors (Lipinski definition) is 7. The molecule has 1 saturated heterocycles. The summed E-state index contributed by atoms with van der Waals surface area (Å²) in [7, 11) is -1.83. The lowest BCUT2D eigenvalue weighted by molar-refractivity contribution is -0.146. The molecule has 0 aromatic heterocycles. The van der Waals surface area contributed by atoms with Crippen LogP contribution in [0.3, 0.4) is 0 Å². The Kier molecular flexibility index (Phi) is 5.98. The first-order valence-corrected chi connectivity index (χ1v) is 9.23. The minimum Gasteiger partial charge on any atom is -0.468 e. The van der Waals surface area contributed by atoms with Crippen molar-refractivity contribution < 1.29 is 32.3 Å². The van der Waals surface area contributed by atoms with Crippen LogP contribution in [0.15, 0.2) is 29.2 Å². The fourth-order valence-electron chi connectivity index (χ4n) is 2.66. The molecule has 1 aliphatic rings. The highest BCUT2D eigenvalue weighted by Crippen LogP contribution is 2.23. The van der Waals surface area contributed by atoms with Crippen molar-refractivity contribution in [2.75, 3.05) is 14.2 Å². The lowest BCUT2D eigenvalue weighted by Gasteiger charge is -2.20. The molecule has 3 atom stereocenters. The van der Waals surface area contributed by atoms with Crippen LogP contribution in [0.1, 0.15) is 12.0 Å². The van der Waals surface area contributed by atoms with Gasteiger partial charge in [0.05, 0.1) is 25.0 Å². The van der Waals surface area contributed by atoms with Crippen molar-refractivity contribution >= 4 is 27.9 Å². The molecule has 10 heteroatoms. The molecular formula is C16H20N2O7S. The van der Waals surface area contributed by atoms with Gasteiger partial charge in [0.1, 0.15) is 12.1 Å². The molecule has 0 radical (unpaired) electrons. The minimum absolute atomic E-state index is 0.0556. The molecule has 1 heterocycles. The minimum atomic E-state index is -4.08. The Morgan fingerprint density at radius 1 is 1.19 bits per heavy atom. The van der Waals surface area contributed by atoms with E-state index in [9.17, 15) is 22.8 Å². The lowest BCUT2D eigenvalue weighted by Crippen LogP contribution is -2.48. The first-order chi connectivity index (χ1) is 12.2. The van der Waals surface area contributed by atoms with Crippen LogP contribution in [-0.4, -0.2) is 52.6 Å². The van der Waals surface area contributed by atoms with Crippen LogP contribution < -0.4 is 10.0 Å². The van der Waals surface area contributed by atoms with Gasteiger partial charge in [-0.15, -0.1) is 0 Å². The summed E-state index contributed by atoms with van der Waals surface area (Å²) in [5.74, 6) is -3.34. The summed E-state index contributed by atoms with van der Waals surface area (Å²) in [4.78, 5) is 35.8. The third-order valence-corrected chi connectivity index (χ3v) is 5.56. The SMILES string of the molecule is COC(=O)[C@@H]1C[C@@H]([C@@H](NS(=O)(=O)c2ccc(C)cc2)C(=O)OC)C(=O)N1. The van der Waals surface area contributed by atoms with E-state index in [-0.39, 0.29) is 11.3 Å². The summed E-state index contributed by atoms with van der Waals surface area (Å²) in [6.45, 7) is 1.80. The predicted octanol–water partition coefficient (Wildman–Crippen LogP) is -0.507. The lowest BCUT2D eigenvalue weighted by atomic mass is 9.97. The third kappa shape index (κ3) is 4.20. The molecule has 1 aromatic rings. The summed E-state index contributed by atoms with van der Waals surface area (Å²) in [6.07, 6.45) is -0.0955. The van der Waals surface area contributed by atoms with E-state index in [0.29, 0.717) is 0 Å². The first kappa shape index (κ1) is 19.9. The highest BCUT2D eigenvalue weighted by molar-refractivity contribution is 7.89. The molecular weight excluding hydrogens is 364 g/mol. The Morgan fingerprint density at radius 3 is 2.35 bits per heavy atom. The highest BCUT2D eigenvalue weighted by atomic mass is 32.2. The van der Waals surface area contributed by atoms with Crippen LogP contribution in [0.2, 0.25) is 0 Å². The van der Waals surface area contributed by atoms with Gasteiger partial charge in [-0.05, 0) is 25.5 Å². The van der Waals surface area contributed by atoms with E-state index < -0.39 is 45.9 Å². The van der Waals surface area contributed by atoms with Gasteiger partial charge in [-0.2, -0.15) is 4.72 Å². The normalized spacial score (nSPS) is 21.0. The van der Waals surface area contributed by atoms with E-state index in [0.717, 1.165) is 12.7 Å². The molecule has 9 nitrogen and oxygen atoms in total. The van der Waals surface area contributed by atoms with E-state index in [1.807, 2.05) is 0 Å². The average Bonchev–Trinajstić information content (AvgIpc) is 3.00. The van der Waals surface area contributed by atoms with Gasteiger partial charge in [-0.3, -0.25) is 9.59 Å². The van der Waals surface area contributed by atoms with Gasteiger partial charge < -0.3 is 14.8 Å². The number of aryl methyl sites for hydroxylation is 1. The molecule has 1 aromatic carbocycles. The molecule has 2 N–H and O–H groups in total. The number of hydrogen-bond donors (Lipinski definition) is 2. The average molecular weight is 384 g/mol. The quantitative estimate of drug-likeness (QED) is 0.632. The van der Waals surface area contributed by atoms with Gasteiger partial charge in [-0.25, -0.2) is 13.2 Å². The van der Waals surface area contributed by atoms with Crippen LogP contribution in [0.4, 0.5) is 0 Å². The molecule has 0 saturated carbocycles. The summed E-state index contributed by atoms with van der Waals surface area (Å²) >= 11 is 0. The van der Waals surface area contributed by atoms with Gasteiger partial charge >= 0.3 is 11.9 Å². The zero-order valence-corrected chi connectivity index (χ0v) is 15.3. The molecule has 1 amide bonds.